The summed E-state index contributed by atoms with van der Waals surface area (Å²) in [7, 11) is 0. The number of hydrogen-bond acceptors (Lipinski definition) is 4. The Balaban J connectivity index is 1.71. The van der Waals surface area contributed by atoms with Crippen LogP contribution in [0.5, 0.6) is 5.75 Å². The van der Waals surface area contributed by atoms with Gasteiger partial charge in [-0.05, 0) is 39.3 Å². The van der Waals surface area contributed by atoms with Gasteiger partial charge in [0.05, 0.1) is 18.1 Å². The molecule has 2 unspecified atom stereocenters. The van der Waals surface area contributed by atoms with Crippen LogP contribution in [-0.4, -0.2) is 41.7 Å². The van der Waals surface area contributed by atoms with E-state index in [0.29, 0.717) is 36.7 Å². The molecule has 1 saturated heterocycles. The molecule has 0 saturated carbocycles. The SMILES string of the molecule is CCOc1cccc2cc(C(C)NC(=O)N3CCC(C)(C(=O)O)C3)oc12. The molecule has 1 aliphatic heterocycles. The molecule has 0 radical (unpaired) electrons. The third-order valence-corrected chi connectivity index (χ3v) is 4.87. The fourth-order valence-electron chi connectivity index (χ4n) is 3.20. The first-order chi connectivity index (χ1) is 12.3. The van der Waals surface area contributed by atoms with Gasteiger partial charge in [0.15, 0.2) is 11.3 Å². The lowest BCUT2D eigenvalue weighted by Crippen LogP contribution is -2.41. The quantitative estimate of drug-likeness (QED) is 0.853. The van der Waals surface area contributed by atoms with Crippen LogP contribution in [-0.2, 0) is 4.79 Å². The van der Waals surface area contributed by atoms with Gasteiger partial charge in [0.1, 0.15) is 5.76 Å². The van der Waals surface area contributed by atoms with E-state index >= 15 is 0 Å². The number of carboxylic acids is 1. The van der Waals surface area contributed by atoms with Crippen molar-refractivity contribution in [2.75, 3.05) is 19.7 Å². The number of amides is 2. The zero-order valence-electron chi connectivity index (χ0n) is 15.2. The normalized spacial score (nSPS) is 21.0. The van der Waals surface area contributed by atoms with Gasteiger partial charge < -0.3 is 24.5 Å². The van der Waals surface area contributed by atoms with E-state index in [4.69, 9.17) is 9.15 Å². The minimum Gasteiger partial charge on any atom is -0.490 e. The summed E-state index contributed by atoms with van der Waals surface area (Å²) in [5.41, 5.74) is -0.225. The predicted molar refractivity (Wildman–Crippen MR) is 96.3 cm³/mol. The van der Waals surface area contributed by atoms with Gasteiger partial charge in [-0.3, -0.25) is 4.79 Å². The minimum atomic E-state index is -0.883. The maximum atomic E-state index is 12.5. The second kappa shape index (κ2) is 6.90. The van der Waals surface area contributed by atoms with Crippen molar-refractivity contribution in [2.24, 2.45) is 5.41 Å². The lowest BCUT2D eigenvalue weighted by molar-refractivity contribution is -0.147. The van der Waals surface area contributed by atoms with Crippen molar-refractivity contribution >= 4 is 23.0 Å². The summed E-state index contributed by atoms with van der Waals surface area (Å²) in [5.74, 6) is 0.425. The van der Waals surface area contributed by atoms with Crippen molar-refractivity contribution in [1.29, 1.82) is 0 Å². The fourth-order valence-corrected chi connectivity index (χ4v) is 3.20. The molecule has 1 fully saturated rings. The number of rotatable bonds is 5. The van der Waals surface area contributed by atoms with Gasteiger partial charge in [-0.25, -0.2) is 4.79 Å². The molecule has 1 aliphatic rings. The van der Waals surface area contributed by atoms with Crippen LogP contribution >= 0.6 is 0 Å². The number of carboxylic acid groups (broad SMARTS) is 1. The Morgan fingerprint density at radius 1 is 1.46 bits per heavy atom. The number of likely N-dealkylation sites (tertiary alicyclic amines) is 1. The molecule has 3 rings (SSSR count). The van der Waals surface area contributed by atoms with Gasteiger partial charge in [0.2, 0.25) is 0 Å². The Bertz CT molecular complexity index is 830. The van der Waals surface area contributed by atoms with E-state index in [1.165, 1.54) is 0 Å². The summed E-state index contributed by atoms with van der Waals surface area (Å²) >= 11 is 0. The number of nitrogens with zero attached hydrogens (tertiary/aromatic N) is 1. The molecule has 0 bridgehead atoms. The summed E-state index contributed by atoms with van der Waals surface area (Å²) in [6.45, 7) is 6.58. The van der Waals surface area contributed by atoms with Crippen molar-refractivity contribution in [3.05, 3.63) is 30.0 Å². The van der Waals surface area contributed by atoms with Crippen LogP contribution in [0.2, 0.25) is 0 Å². The van der Waals surface area contributed by atoms with Crippen molar-refractivity contribution < 1.29 is 23.8 Å². The number of nitrogens with one attached hydrogen (secondary N) is 1. The van der Waals surface area contributed by atoms with E-state index in [9.17, 15) is 14.7 Å². The largest absolute Gasteiger partial charge is 0.490 e. The molecule has 1 aromatic heterocycles. The van der Waals surface area contributed by atoms with Crippen LogP contribution in [0.15, 0.2) is 28.7 Å². The summed E-state index contributed by atoms with van der Waals surface area (Å²) in [4.78, 5) is 25.4. The number of para-hydroxylation sites is 1. The minimum absolute atomic E-state index is 0.204. The number of urea groups is 1. The van der Waals surface area contributed by atoms with Crippen LogP contribution in [0.3, 0.4) is 0 Å². The second-order valence-corrected chi connectivity index (χ2v) is 6.96. The lowest BCUT2D eigenvalue weighted by atomic mass is 9.90. The first-order valence-corrected chi connectivity index (χ1v) is 8.78. The average molecular weight is 360 g/mol. The zero-order chi connectivity index (χ0) is 18.9. The van der Waals surface area contributed by atoms with E-state index in [0.717, 1.165) is 5.39 Å². The molecule has 0 aliphatic carbocycles. The standard InChI is InChI=1S/C19H24N2O5/c1-4-25-14-7-5-6-13-10-15(26-16(13)14)12(2)20-18(24)21-9-8-19(3,11-21)17(22)23/h5-7,10,12H,4,8-9,11H2,1-3H3,(H,20,24)(H,22,23). The molecule has 2 atom stereocenters. The number of furan rings is 1. The zero-order valence-corrected chi connectivity index (χ0v) is 15.2. The van der Waals surface area contributed by atoms with E-state index in [1.807, 2.05) is 38.1 Å². The maximum Gasteiger partial charge on any atom is 0.318 e. The highest BCUT2D eigenvalue weighted by atomic mass is 16.5. The van der Waals surface area contributed by atoms with Gasteiger partial charge in [-0.2, -0.15) is 0 Å². The Hall–Kier alpha value is -2.70. The predicted octanol–water partition coefficient (Wildman–Crippen LogP) is 3.40. The third kappa shape index (κ3) is 3.34. The van der Waals surface area contributed by atoms with Crippen LogP contribution in [0.1, 0.15) is 39.0 Å². The summed E-state index contributed by atoms with van der Waals surface area (Å²) in [6, 6.07) is 6.92. The Kier molecular flexibility index (Phi) is 4.80. The van der Waals surface area contributed by atoms with Crippen LogP contribution in [0.25, 0.3) is 11.0 Å². The first-order valence-electron chi connectivity index (χ1n) is 8.78. The molecule has 26 heavy (non-hydrogen) atoms. The Morgan fingerprint density at radius 3 is 2.88 bits per heavy atom. The topological polar surface area (TPSA) is 92.0 Å². The maximum absolute atomic E-state index is 12.5. The molecule has 2 amide bonds. The van der Waals surface area contributed by atoms with Crippen molar-refractivity contribution in [1.82, 2.24) is 10.2 Å². The van der Waals surface area contributed by atoms with E-state index < -0.39 is 11.4 Å². The van der Waals surface area contributed by atoms with Gasteiger partial charge >= 0.3 is 12.0 Å². The number of benzene rings is 1. The molecule has 2 N–H and O–H groups in total. The van der Waals surface area contributed by atoms with Crippen molar-refractivity contribution in [3.8, 4) is 5.75 Å². The number of aliphatic carboxylic acids is 1. The number of carbonyl (C=O) groups is 2. The summed E-state index contributed by atoms with van der Waals surface area (Å²) < 4.78 is 11.5. The summed E-state index contributed by atoms with van der Waals surface area (Å²) in [6.07, 6.45) is 0.451. The molecule has 2 aromatic rings. The second-order valence-electron chi connectivity index (χ2n) is 6.96. The number of hydrogen-bond donors (Lipinski definition) is 2. The highest BCUT2D eigenvalue weighted by molar-refractivity contribution is 5.84. The van der Waals surface area contributed by atoms with Gasteiger partial charge in [-0.15, -0.1) is 0 Å². The van der Waals surface area contributed by atoms with Crippen LogP contribution in [0, 0.1) is 5.41 Å². The number of fused-ring (bicyclic) bond motifs is 1. The van der Waals surface area contributed by atoms with E-state index in [-0.39, 0.29) is 18.6 Å². The monoisotopic (exact) mass is 360 g/mol. The first kappa shape index (κ1) is 18.1. The van der Waals surface area contributed by atoms with Gasteiger partial charge in [0, 0.05) is 18.5 Å². The highest BCUT2D eigenvalue weighted by Crippen LogP contribution is 2.32. The lowest BCUT2D eigenvalue weighted by Gasteiger charge is -2.22. The van der Waals surface area contributed by atoms with Gasteiger partial charge in [-0.1, -0.05) is 12.1 Å². The van der Waals surface area contributed by atoms with Crippen molar-refractivity contribution in [3.63, 3.8) is 0 Å². The number of ether oxygens (including phenoxy) is 1. The molecular weight excluding hydrogens is 336 g/mol. The van der Waals surface area contributed by atoms with E-state index in [1.54, 1.807) is 11.8 Å². The molecule has 7 heteroatoms. The molecule has 2 heterocycles. The molecular formula is C19H24N2O5. The van der Waals surface area contributed by atoms with Crippen LogP contribution < -0.4 is 10.1 Å². The molecule has 7 nitrogen and oxygen atoms in total. The average Bonchev–Trinajstić information content (AvgIpc) is 3.20. The molecule has 1 aromatic carbocycles. The summed E-state index contributed by atoms with van der Waals surface area (Å²) in [5, 5.41) is 13.1. The Labute approximate surface area is 151 Å². The van der Waals surface area contributed by atoms with Crippen LogP contribution in [0.4, 0.5) is 4.79 Å². The third-order valence-electron chi connectivity index (χ3n) is 4.87. The van der Waals surface area contributed by atoms with Crippen molar-refractivity contribution in [2.45, 2.75) is 33.2 Å². The highest BCUT2D eigenvalue weighted by Gasteiger charge is 2.42. The number of carbonyl (C=O) groups excluding carboxylic acids is 1. The Morgan fingerprint density at radius 2 is 2.23 bits per heavy atom. The molecule has 0 spiro atoms. The molecule has 140 valence electrons. The van der Waals surface area contributed by atoms with E-state index in [2.05, 4.69) is 5.32 Å². The van der Waals surface area contributed by atoms with Gasteiger partial charge in [0.25, 0.3) is 0 Å². The fraction of sp³-hybridized carbons (Fsp3) is 0.474. The smallest absolute Gasteiger partial charge is 0.318 e.